The molecule has 0 N–H and O–H groups in total. The van der Waals surface area contributed by atoms with Crippen LogP contribution in [-0.4, -0.2) is 63.1 Å². The molecule has 0 amide bonds. The summed E-state index contributed by atoms with van der Waals surface area (Å²) in [5, 5.41) is -1.17. The van der Waals surface area contributed by atoms with Crippen LogP contribution in [0.25, 0.3) is 0 Å². The van der Waals surface area contributed by atoms with Crippen LogP contribution in [-0.2, 0) is 38.7 Å². The van der Waals surface area contributed by atoms with E-state index < -0.39 is 79.7 Å². The van der Waals surface area contributed by atoms with Crippen molar-refractivity contribution in [3.8, 4) is 0 Å². The molecule has 15 heteroatoms. The van der Waals surface area contributed by atoms with Gasteiger partial charge in [0.1, 0.15) is 24.1 Å². The number of hydrogen-bond donors (Lipinski definition) is 0. The van der Waals surface area contributed by atoms with E-state index in [1.54, 1.807) is 6.07 Å². The van der Waals surface area contributed by atoms with Gasteiger partial charge < -0.3 is 14.0 Å². The number of benzene rings is 1. The molecule has 3 fully saturated rings. The lowest BCUT2D eigenvalue weighted by atomic mass is 9.84. The largest absolute Gasteiger partial charge is 0.748 e. The van der Waals surface area contributed by atoms with Gasteiger partial charge >= 0.3 is 11.9 Å². The van der Waals surface area contributed by atoms with Crippen molar-refractivity contribution in [3.05, 3.63) is 31.1 Å². The van der Waals surface area contributed by atoms with Gasteiger partial charge in [0.05, 0.1) is 27.4 Å². The molecule has 0 spiro atoms. The predicted octanol–water partition coefficient (Wildman–Crippen LogP) is 1.95. The molecule has 3 aliphatic rings. The maximum atomic E-state index is 12.9. The number of carbonyl (C=O) groups excluding carboxylic acids is 2. The number of hydrogen-bond acceptors (Lipinski definition) is 10. The summed E-state index contributed by atoms with van der Waals surface area (Å²) in [5.74, 6) is -5.10. The molecular weight excluding hydrogens is 668 g/mol. The topological polar surface area (TPSA) is 153 Å². The molecule has 1 saturated heterocycles. The van der Waals surface area contributed by atoms with Crippen molar-refractivity contribution in [1.82, 2.24) is 0 Å². The van der Waals surface area contributed by atoms with Gasteiger partial charge in [0.2, 0.25) is 0 Å². The van der Waals surface area contributed by atoms with Crippen LogP contribution >= 0.6 is 47.8 Å². The summed E-state index contributed by atoms with van der Waals surface area (Å²) in [6, 6.07) is 3.23. The molecule has 176 valence electrons. The highest BCUT2D eigenvalue weighted by Gasteiger charge is 2.72. The van der Waals surface area contributed by atoms with E-state index in [2.05, 4.69) is 47.8 Å². The number of ether oxygens (including phenoxy) is 2. The van der Waals surface area contributed by atoms with Gasteiger partial charge in [0.15, 0.2) is 0 Å². The Labute approximate surface area is 208 Å². The highest BCUT2D eigenvalue weighted by atomic mass is 79.9. The normalized spacial score (nSPS) is 32.1. The van der Waals surface area contributed by atoms with Gasteiger partial charge in [0, 0.05) is 25.3 Å². The molecule has 1 aromatic carbocycles. The number of carbonyl (C=O) groups is 2. The lowest BCUT2D eigenvalue weighted by molar-refractivity contribution is -0.152. The van der Waals surface area contributed by atoms with Crippen LogP contribution in [0.1, 0.15) is 16.8 Å². The van der Waals surface area contributed by atoms with Gasteiger partial charge in [-0.25, -0.2) is 13.2 Å². The zero-order valence-corrected chi connectivity index (χ0v) is 22.2. The second-order valence-corrected chi connectivity index (χ2v) is 13.5. The van der Waals surface area contributed by atoms with E-state index in [4.69, 9.17) is 13.7 Å². The van der Waals surface area contributed by atoms with Crippen LogP contribution in [0.5, 0.6) is 0 Å². The van der Waals surface area contributed by atoms with Crippen molar-refractivity contribution in [2.75, 3.05) is 12.4 Å². The second kappa shape index (κ2) is 8.57. The van der Waals surface area contributed by atoms with Gasteiger partial charge in [-0.05, 0) is 50.4 Å². The monoisotopic (exact) mass is 679 g/mol. The van der Waals surface area contributed by atoms with Crippen molar-refractivity contribution in [1.29, 1.82) is 0 Å². The van der Waals surface area contributed by atoms with E-state index in [1.807, 2.05) is 0 Å². The van der Waals surface area contributed by atoms with Gasteiger partial charge in [-0.15, -0.1) is 0 Å². The van der Waals surface area contributed by atoms with Gasteiger partial charge in [-0.1, -0.05) is 15.9 Å². The minimum Gasteiger partial charge on any atom is -0.748 e. The van der Waals surface area contributed by atoms with E-state index >= 15 is 0 Å². The Morgan fingerprint density at radius 1 is 1.19 bits per heavy atom. The summed E-state index contributed by atoms with van der Waals surface area (Å²) in [4.78, 5) is 25.5. The van der Waals surface area contributed by atoms with E-state index in [0.29, 0.717) is 13.4 Å². The first-order valence-electron chi connectivity index (χ1n) is 9.18. The average Bonchev–Trinajstić information content (AvgIpc) is 3.26. The molecule has 2 saturated carbocycles. The van der Waals surface area contributed by atoms with Crippen molar-refractivity contribution in [2.45, 2.75) is 23.9 Å². The second-order valence-electron chi connectivity index (χ2n) is 7.66. The number of halogens is 3. The van der Waals surface area contributed by atoms with Crippen LogP contribution < -0.4 is 0 Å². The van der Waals surface area contributed by atoms with E-state index in [0.717, 1.165) is 0 Å². The number of rotatable bonds is 6. The highest BCUT2D eigenvalue weighted by molar-refractivity contribution is 9.13. The molecule has 32 heavy (non-hydrogen) atoms. The fourth-order valence-corrected chi connectivity index (χ4v) is 8.65. The molecule has 6 atom stereocenters. The summed E-state index contributed by atoms with van der Waals surface area (Å²) < 4.78 is 74.6. The maximum absolute atomic E-state index is 12.9. The molecule has 1 heterocycles. The summed E-state index contributed by atoms with van der Waals surface area (Å²) in [6.45, 7) is -0.695. The van der Waals surface area contributed by atoms with Gasteiger partial charge in [-0.3, -0.25) is 8.98 Å². The first kappa shape index (κ1) is 24.5. The van der Waals surface area contributed by atoms with Crippen molar-refractivity contribution >= 4 is 80.0 Å². The molecule has 2 bridgehead atoms. The van der Waals surface area contributed by atoms with Crippen LogP contribution in [0.4, 0.5) is 0 Å². The predicted molar refractivity (Wildman–Crippen MR) is 117 cm³/mol. The third-order valence-electron chi connectivity index (χ3n) is 5.83. The van der Waals surface area contributed by atoms with Crippen LogP contribution in [0.15, 0.2) is 25.6 Å². The van der Waals surface area contributed by atoms with Crippen LogP contribution in [0.2, 0.25) is 0 Å². The molecule has 6 unspecified atom stereocenters. The smallest absolute Gasteiger partial charge is 0.339 e. The zero-order valence-electron chi connectivity index (χ0n) is 15.8. The Bertz CT molecular complexity index is 1200. The Morgan fingerprint density at radius 3 is 2.53 bits per heavy atom. The fraction of sp³-hybridized carbons (Fsp3) is 0.529. The Hall–Kier alpha value is -0.580. The van der Waals surface area contributed by atoms with E-state index in [-0.39, 0.29) is 12.0 Å². The lowest BCUT2D eigenvalue weighted by Gasteiger charge is -2.30. The molecule has 4 rings (SSSR count). The number of esters is 2. The Kier molecular flexibility index (Phi) is 6.57. The van der Waals surface area contributed by atoms with Crippen molar-refractivity contribution in [3.63, 3.8) is 0 Å². The molecule has 1 aliphatic heterocycles. The fourth-order valence-electron chi connectivity index (χ4n) is 4.69. The van der Waals surface area contributed by atoms with Gasteiger partial charge in [0.25, 0.3) is 10.1 Å². The zero-order chi connectivity index (χ0) is 23.6. The van der Waals surface area contributed by atoms with Crippen molar-refractivity contribution in [2.24, 2.45) is 17.8 Å². The van der Waals surface area contributed by atoms with E-state index in [1.165, 1.54) is 6.07 Å². The Morgan fingerprint density at radius 2 is 1.88 bits per heavy atom. The molecule has 0 aromatic heterocycles. The summed E-state index contributed by atoms with van der Waals surface area (Å²) >= 11 is 9.89. The molecular formula is C17H14Br3O10S2-. The Balaban J connectivity index is 1.57. The van der Waals surface area contributed by atoms with Crippen molar-refractivity contribution < 1.29 is 44.6 Å². The third-order valence-corrected chi connectivity index (χ3v) is 10.8. The van der Waals surface area contributed by atoms with Gasteiger partial charge in [-0.2, -0.15) is 8.42 Å². The first-order valence-corrected chi connectivity index (χ1v) is 14.6. The molecule has 2 aliphatic carbocycles. The van der Waals surface area contributed by atoms with Crippen LogP contribution in [0, 0.1) is 17.8 Å². The first-order chi connectivity index (χ1) is 14.8. The quantitative estimate of drug-likeness (QED) is 0.188. The minimum absolute atomic E-state index is 0.172. The van der Waals surface area contributed by atoms with Crippen LogP contribution in [0.3, 0.4) is 0 Å². The minimum atomic E-state index is -4.61. The number of fused-ring (bicyclic) bond motifs is 1. The highest BCUT2D eigenvalue weighted by Crippen LogP contribution is 2.58. The molecule has 10 nitrogen and oxygen atoms in total. The maximum Gasteiger partial charge on any atom is 0.339 e. The summed E-state index contributed by atoms with van der Waals surface area (Å²) in [7, 11) is -8.74. The summed E-state index contributed by atoms with van der Waals surface area (Å²) in [5.41, 5.74) is 0.172. The van der Waals surface area contributed by atoms with E-state index in [9.17, 15) is 31.0 Å². The average molecular weight is 682 g/mol. The summed E-state index contributed by atoms with van der Waals surface area (Å²) in [6.07, 6.45) is -1.68. The molecule has 1 aromatic rings. The SMILES string of the molecule is O=C(OC1C2CC3C1OS(=O)(=O)C3C2C(=O)OCCS(=O)(=O)[O-])c1cc(Br)cc(Br)c1Br. The standard InChI is InChI=1S/C17H15Br3O10S2/c18-6-3-8(12(20)10(19)4-6)16(21)29-13-7-5-9-14(13)30-32(26,27)15(9)11(7)17(22)28-1-2-31(23,24)25/h3-4,7,9,11,13-15H,1-2,5H2,(H,23,24,25)/p-1. The molecule has 0 radical (unpaired) electrons. The lowest BCUT2D eigenvalue weighted by Crippen LogP contribution is -2.46. The third kappa shape index (κ3) is 4.41.